The number of para-hydroxylation sites is 2. The molecular formula is C14H21N3O3. The first kappa shape index (κ1) is 15.8. The molecule has 0 fully saturated rings. The highest BCUT2D eigenvalue weighted by Crippen LogP contribution is 2.23. The van der Waals surface area contributed by atoms with Crippen molar-refractivity contribution in [2.75, 3.05) is 24.3 Å². The molecule has 0 aliphatic carbocycles. The molecule has 20 heavy (non-hydrogen) atoms. The van der Waals surface area contributed by atoms with Crippen molar-refractivity contribution in [2.45, 2.75) is 19.9 Å². The number of carbonyl (C=O) groups excluding carboxylic acids is 1. The molecule has 0 spiro atoms. The average Bonchev–Trinajstić information content (AvgIpc) is 2.35. The number of carboxylic acids is 1. The van der Waals surface area contributed by atoms with Crippen molar-refractivity contribution >= 4 is 23.4 Å². The van der Waals surface area contributed by atoms with E-state index in [0.717, 1.165) is 5.69 Å². The third-order valence-corrected chi connectivity index (χ3v) is 2.85. The molecule has 1 atom stereocenters. The van der Waals surface area contributed by atoms with Crippen LogP contribution in [0.25, 0.3) is 0 Å². The standard InChI is InChI=1S/C14H21N3O3/c1-9(2)12(13(18)19)16-14(20)15-10-7-5-6-8-11(10)17(3)4/h5-9,12H,1-4H3,(H,18,19)(H2,15,16,20)/t12-/m0/s1. The fourth-order valence-corrected chi connectivity index (χ4v) is 1.78. The number of hydrogen-bond acceptors (Lipinski definition) is 3. The Morgan fingerprint density at radius 3 is 2.30 bits per heavy atom. The highest BCUT2D eigenvalue weighted by Gasteiger charge is 2.23. The monoisotopic (exact) mass is 279 g/mol. The molecule has 1 aromatic carbocycles. The van der Waals surface area contributed by atoms with Gasteiger partial charge in [0.25, 0.3) is 0 Å². The Bertz CT molecular complexity index is 486. The van der Waals surface area contributed by atoms with Gasteiger partial charge in [-0.05, 0) is 18.1 Å². The van der Waals surface area contributed by atoms with Crippen LogP contribution in [-0.2, 0) is 4.79 Å². The number of nitrogens with zero attached hydrogens (tertiary/aromatic N) is 1. The van der Waals surface area contributed by atoms with Crippen LogP contribution in [0.2, 0.25) is 0 Å². The Labute approximate surface area is 118 Å². The Morgan fingerprint density at radius 2 is 1.80 bits per heavy atom. The van der Waals surface area contributed by atoms with E-state index in [1.165, 1.54) is 0 Å². The van der Waals surface area contributed by atoms with Crippen LogP contribution in [0.5, 0.6) is 0 Å². The van der Waals surface area contributed by atoms with E-state index in [1.807, 2.05) is 31.1 Å². The predicted molar refractivity (Wildman–Crippen MR) is 79.2 cm³/mol. The predicted octanol–water partition coefficient (Wildman–Crippen LogP) is 1.98. The molecule has 0 aromatic heterocycles. The molecule has 0 radical (unpaired) electrons. The van der Waals surface area contributed by atoms with Gasteiger partial charge in [0.15, 0.2) is 0 Å². The van der Waals surface area contributed by atoms with Gasteiger partial charge < -0.3 is 20.6 Å². The van der Waals surface area contributed by atoms with E-state index in [0.29, 0.717) is 5.69 Å². The molecule has 0 unspecified atom stereocenters. The van der Waals surface area contributed by atoms with Gasteiger partial charge in [-0.15, -0.1) is 0 Å². The Morgan fingerprint density at radius 1 is 1.20 bits per heavy atom. The number of rotatable bonds is 5. The van der Waals surface area contributed by atoms with Crippen LogP contribution >= 0.6 is 0 Å². The average molecular weight is 279 g/mol. The summed E-state index contributed by atoms with van der Waals surface area (Å²) >= 11 is 0. The highest BCUT2D eigenvalue weighted by atomic mass is 16.4. The zero-order valence-electron chi connectivity index (χ0n) is 12.2. The van der Waals surface area contributed by atoms with Crippen molar-refractivity contribution in [1.82, 2.24) is 5.32 Å². The summed E-state index contributed by atoms with van der Waals surface area (Å²) in [5, 5.41) is 14.2. The molecule has 0 saturated carbocycles. The molecule has 2 amide bonds. The van der Waals surface area contributed by atoms with Crippen LogP contribution in [0.4, 0.5) is 16.2 Å². The van der Waals surface area contributed by atoms with Gasteiger partial charge in [-0.3, -0.25) is 0 Å². The molecular weight excluding hydrogens is 258 g/mol. The van der Waals surface area contributed by atoms with Gasteiger partial charge in [0.05, 0.1) is 11.4 Å². The summed E-state index contributed by atoms with van der Waals surface area (Å²) < 4.78 is 0. The van der Waals surface area contributed by atoms with Crippen molar-refractivity contribution < 1.29 is 14.7 Å². The second kappa shape index (κ2) is 6.79. The minimum atomic E-state index is -1.05. The van der Waals surface area contributed by atoms with E-state index in [-0.39, 0.29) is 5.92 Å². The number of amides is 2. The summed E-state index contributed by atoms with van der Waals surface area (Å²) in [7, 11) is 3.74. The van der Waals surface area contributed by atoms with Crippen LogP contribution < -0.4 is 15.5 Å². The lowest BCUT2D eigenvalue weighted by Gasteiger charge is -2.21. The van der Waals surface area contributed by atoms with Gasteiger partial charge in [-0.2, -0.15) is 0 Å². The maximum Gasteiger partial charge on any atom is 0.326 e. The van der Waals surface area contributed by atoms with E-state index in [9.17, 15) is 9.59 Å². The lowest BCUT2D eigenvalue weighted by Crippen LogP contribution is -2.46. The largest absolute Gasteiger partial charge is 0.480 e. The SMILES string of the molecule is CC(C)[C@H](NC(=O)Nc1ccccc1N(C)C)C(=O)O. The summed E-state index contributed by atoms with van der Waals surface area (Å²) in [5.74, 6) is -1.24. The molecule has 6 heteroatoms. The van der Waals surface area contributed by atoms with Crippen molar-refractivity contribution in [3.63, 3.8) is 0 Å². The second-order valence-corrected chi connectivity index (χ2v) is 5.07. The van der Waals surface area contributed by atoms with Gasteiger partial charge in [0.1, 0.15) is 6.04 Å². The van der Waals surface area contributed by atoms with Crippen LogP contribution in [0, 0.1) is 5.92 Å². The number of nitrogens with one attached hydrogen (secondary N) is 2. The second-order valence-electron chi connectivity index (χ2n) is 5.07. The minimum Gasteiger partial charge on any atom is -0.480 e. The molecule has 3 N–H and O–H groups in total. The molecule has 0 aliphatic rings. The molecule has 1 aromatic rings. The zero-order chi connectivity index (χ0) is 15.3. The van der Waals surface area contributed by atoms with Crippen LogP contribution in [0.15, 0.2) is 24.3 Å². The van der Waals surface area contributed by atoms with E-state index in [2.05, 4.69) is 10.6 Å². The van der Waals surface area contributed by atoms with Gasteiger partial charge >= 0.3 is 12.0 Å². The number of hydrogen-bond donors (Lipinski definition) is 3. The molecule has 0 aliphatic heterocycles. The van der Waals surface area contributed by atoms with E-state index in [4.69, 9.17) is 5.11 Å². The summed E-state index contributed by atoms with van der Waals surface area (Å²) in [6, 6.07) is 5.86. The van der Waals surface area contributed by atoms with Gasteiger partial charge in [-0.1, -0.05) is 26.0 Å². The fourth-order valence-electron chi connectivity index (χ4n) is 1.78. The number of urea groups is 1. The van der Waals surface area contributed by atoms with Crippen molar-refractivity contribution in [3.05, 3.63) is 24.3 Å². The highest BCUT2D eigenvalue weighted by molar-refractivity contribution is 5.95. The summed E-state index contributed by atoms with van der Waals surface area (Å²) in [5.41, 5.74) is 1.47. The molecule has 0 heterocycles. The number of aliphatic carboxylic acids is 1. The lowest BCUT2D eigenvalue weighted by molar-refractivity contribution is -0.140. The molecule has 6 nitrogen and oxygen atoms in total. The van der Waals surface area contributed by atoms with Crippen molar-refractivity contribution in [1.29, 1.82) is 0 Å². The normalized spacial score (nSPS) is 11.8. The quantitative estimate of drug-likeness (QED) is 0.770. The van der Waals surface area contributed by atoms with Crippen LogP contribution in [0.3, 0.4) is 0 Å². The number of carboxylic acid groups (broad SMARTS) is 1. The third-order valence-electron chi connectivity index (χ3n) is 2.85. The Hall–Kier alpha value is -2.24. The molecule has 0 saturated heterocycles. The molecule has 1 rings (SSSR count). The van der Waals surface area contributed by atoms with E-state index < -0.39 is 18.0 Å². The first-order chi connectivity index (χ1) is 9.32. The maximum atomic E-state index is 11.9. The van der Waals surface area contributed by atoms with Gasteiger partial charge in [0, 0.05) is 14.1 Å². The lowest BCUT2D eigenvalue weighted by atomic mass is 10.1. The van der Waals surface area contributed by atoms with Crippen LogP contribution in [0.1, 0.15) is 13.8 Å². The smallest absolute Gasteiger partial charge is 0.326 e. The van der Waals surface area contributed by atoms with Gasteiger partial charge in [0.2, 0.25) is 0 Å². The van der Waals surface area contributed by atoms with Crippen molar-refractivity contribution in [3.8, 4) is 0 Å². The fraction of sp³-hybridized carbons (Fsp3) is 0.429. The first-order valence-electron chi connectivity index (χ1n) is 6.39. The molecule has 110 valence electrons. The van der Waals surface area contributed by atoms with E-state index in [1.54, 1.807) is 26.0 Å². The van der Waals surface area contributed by atoms with Crippen molar-refractivity contribution in [2.24, 2.45) is 5.92 Å². The number of benzene rings is 1. The number of anilines is 2. The maximum absolute atomic E-state index is 11.9. The topological polar surface area (TPSA) is 81.7 Å². The minimum absolute atomic E-state index is 0.192. The summed E-state index contributed by atoms with van der Waals surface area (Å²) in [4.78, 5) is 24.8. The number of carbonyl (C=O) groups is 2. The third kappa shape index (κ3) is 4.15. The zero-order valence-corrected chi connectivity index (χ0v) is 12.2. The Balaban J connectivity index is 2.79. The molecule has 0 bridgehead atoms. The van der Waals surface area contributed by atoms with Gasteiger partial charge in [-0.25, -0.2) is 9.59 Å². The summed E-state index contributed by atoms with van der Waals surface area (Å²) in [6.07, 6.45) is 0. The van der Waals surface area contributed by atoms with Crippen LogP contribution in [-0.4, -0.2) is 37.2 Å². The Kier molecular flexibility index (Phi) is 5.37. The van der Waals surface area contributed by atoms with E-state index >= 15 is 0 Å². The summed E-state index contributed by atoms with van der Waals surface area (Å²) in [6.45, 7) is 3.49. The first-order valence-corrected chi connectivity index (χ1v) is 6.39.